The molecule has 0 aliphatic rings. The Kier molecular flexibility index (Phi) is 7.66. The third-order valence-electron chi connectivity index (χ3n) is 3.41. The average molecular weight is 248 g/mol. The molecule has 18 heavy (non-hydrogen) atoms. The highest BCUT2D eigenvalue weighted by Gasteiger charge is 2.05. The number of hydrogen-bond acceptors (Lipinski definition) is 2. The van der Waals surface area contributed by atoms with Gasteiger partial charge in [-0.1, -0.05) is 33.3 Å². The van der Waals surface area contributed by atoms with Gasteiger partial charge in [-0.15, -0.1) is 0 Å². The molecule has 0 saturated heterocycles. The molecule has 1 aromatic rings. The first-order valence-electron chi connectivity index (χ1n) is 7.47. The van der Waals surface area contributed by atoms with Crippen molar-refractivity contribution >= 4 is 0 Å². The molecule has 1 heterocycles. The molecule has 0 spiro atoms. The largest absolute Gasteiger partial charge is 0.314 e. The van der Waals surface area contributed by atoms with E-state index in [0.29, 0.717) is 6.04 Å². The van der Waals surface area contributed by atoms with Crippen LogP contribution in [0.25, 0.3) is 0 Å². The molecule has 1 unspecified atom stereocenters. The molecule has 2 heteroatoms. The van der Waals surface area contributed by atoms with Gasteiger partial charge in [-0.25, -0.2) is 0 Å². The van der Waals surface area contributed by atoms with Gasteiger partial charge in [-0.05, 0) is 50.3 Å². The highest BCUT2D eigenvalue weighted by Crippen LogP contribution is 2.09. The molecule has 0 aliphatic heterocycles. The fourth-order valence-corrected chi connectivity index (χ4v) is 2.33. The second-order valence-electron chi connectivity index (χ2n) is 4.95. The van der Waals surface area contributed by atoms with E-state index >= 15 is 0 Å². The number of nitrogens with zero attached hydrogens (tertiary/aromatic N) is 1. The first-order valence-corrected chi connectivity index (χ1v) is 7.47. The van der Waals surface area contributed by atoms with Crippen LogP contribution in [0.15, 0.2) is 18.3 Å². The molecule has 0 aromatic carbocycles. The average Bonchev–Trinajstić information content (AvgIpc) is 2.40. The lowest BCUT2D eigenvalue weighted by Gasteiger charge is -2.16. The van der Waals surface area contributed by atoms with Crippen LogP contribution in [-0.2, 0) is 12.8 Å². The van der Waals surface area contributed by atoms with Crippen LogP contribution in [-0.4, -0.2) is 17.6 Å². The minimum Gasteiger partial charge on any atom is -0.314 e. The maximum atomic E-state index is 4.52. The van der Waals surface area contributed by atoms with Gasteiger partial charge in [-0.3, -0.25) is 4.98 Å². The predicted molar refractivity (Wildman–Crippen MR) is 78.9 cm³/mol. The molecule has 0 saturated carbocycles. The first-order chi connectivity index (χ1) is 8.80. The van der Waals surface area contributed by atoms with Gasteiger partial charge >= 0.3 is 0 Å². The summed E-state index contributed by atoms with van der Waals surface area (Å²) in [6.07, 6.45) is 9.25. The Hall–Kier alpha value is -0.890. The Balaban J connectivity index is 2.30. The number of rotatable bonds is 9. The van der Waals surface area contributed by atoms with Crippen molar-refractivity contribution in [2.45, 2.75) is 65.3 Å². The van der Waals surface area contributed by atoms with E-state index < -0.39 is 0 Å². The zero-order chi connectivity index (χ0) is 13.2. The van der Waals surface area contributed by atoms with E-state index in [2.05, 4.69) is 43.2 Å². The molecule has 1 N–H and O–H groups in total. The maximum absolute atomic E-state index is 4.52. The second-order valence-corrected chi connectivity index (χ2v) is 4.95. The van der Waals surface area contributed by atoms with Crippen molar-refractivity contribution in [2.75, 3.05) is 6.54 Å². The SMILES string of the molecule is CCCC(CCCc1ccc(CC)cn1)NCC. The Labute approximate surface area is 112 Å². The van der Waals surface area contributed by atoms with E-state index in [-0.39, 0.29) is 0 Å². The normalized spacial score (nSPS) is 12.6. The van der Waals surface area contributed by atoms with Gasteiger partial charge in [0.2, 0.25) is 0 Å². The third-order valence-corrected chi connectivity index (χ3v) is 3.41. The van der Waals surface area contributed by atoms with Crippen molar-refractivity contribution in [1.82, 2.24) is 10.3 Å². The summed E-state index contributed by atoms with van der Waals surface area (Å²) in [5.74, 6) is 0. The van der Waals surface area contributed by atoms with E-state index in [1.165, 1.54) is 36.9 Å². The number of aromatic nitrogens is 1. The number of pyridine rings is 1. The van der Waals surface area contributed by atoms with Crippen molar-refractivity contribution < 1.29 is 0 Å². The minimum absolute atomic E-state index is 0.690. The summed E-state index contributed by atoms with van der Waals surface area (Å²) in [5, 5.41) is 3.57. The highest BCUT2D eigenvalue weighted by molar-refractivity contribution is 5.13. The fraction of sp³-hybridized carbons (Fsp3) is 0.688. The van der Waals surface area contributed by atoms with E-state index in [9.17, 15) is 0 Å². The molecule has 2 nitrogen and oxygen atoms in total. The molecular weight excluding hydrogens is 220 g/mol. The Morgan fingerprint density at radius 3 is 2.56 bits per heavy atom. The Bertz CT molecular complexity index is 299. The molecule has 1 aromatic heterocycles. The lowest BCUT2D eigenvalue weighted by Crippen LogP contribution is -2.28. The first kappa shape index (κ1) is 15.2. The number of aryl methyl sites for hydroxylation is 2. The van der Waals surface area contributed by atoms with Crippen LogP contribution >= 0.6 is 0 Å². The topological polar surface area (TPSA) is 24.9 Å². The van der Waals surface area contributed by atoms with Gasteiger partial charge in [0.15, 0.2) is 0 Å². The van der Waals surface area contributed by atoms with Gasteiger partial charge in [0, 0.05) is 17.9 Å². The summed E-state index contributed by atoms with van der Waals surface area (Å²) in [6, 6.07) is 5.08. The maximum Gasteiger partial charge on any atom is 0.0403 e. The predicted octanol–water partition coefficient (Wildman–Crippen LogP) is 3.74. The van der Waals surface area contributed by atoms with Crippen LogP contribution in [0.3, 0.4) is 0 Å². The number of hydrogen-bond donors (Lipinski definition) is 1. The molecule has 0 radical (unpaired) electrons. The third kappa shape index (κ3) is 5.63. The van der Waals surface area contributed by atoms with Gasteiger partial charge < -0.3 is 5.32 Å². The summed E-state index contributed by atoms with van der Waals surface area (Å²) < 4.78 is 0. The zero-order valence-electron chi connectivity index (χ0n) is 12.2. The molecule has 1 rings (SSSR count). The molecule has 0 aliphatic carbocycles. The molecule has 102 valence electrons. The molecule has 0 bridgehead atoms. The Morgan fingerprint density at radius 2 is 2.00 bits per heavy atom. The highest BCUT2D eigenvalue weighted by atomic mass is 14.9. The summed E-state index contributed by atoms with van der Waals surface area (Å²) >= 11 is 0. The quantitative estimate of drug-likeness (QED) is 0.720. The molecule has 1 atom stereocenters. The summed E-state index contributed by atoms with van der Waals surface area (Å²) in [5.41, 5.74) is 2.56. The van der Waals surface area contributed by atoms with Crippen molar-refractivity contribution in [3.05, 3.63) is 29.6 Å². The molecule has 0 amide bonds. The smallest absolute Gasteiger partial charge is 0.0403 e. The van der Waals surface area contributed by atoms with Crippen molar-refractivity contribution in [3.8, 4) is 0 Å². The van der Waals surface area contributed by atoms with Crippen LogP contribution in [0.4, 0.5) is 0 Å². The van der Waals surface area contributed by atoms with Crippen LogP contribution in [0, 0.1) is 0 Å². The van der Waals surface area contributed by atoms with Crippen molar-refractivity contribution in [1.29, 1.82) is 0 Å². The molecule has 0 fully saturated rings. The van der Waals surface area contributed by atoms with Gasteiger partial charge in [0.25, 0.3) is 0 Å². The summed E-state index contributed by atoms with van der Waals surface area (Å²) in [4.78, 5) is 4.52. The monoisotopic (exact) mass is 248 g/mol. The fourth-order valence-electron chi connectivity index (χ4n) is 2.33. The van der Waals surface area contributed by atoms with Crippen LogP contribution in [0.5, 0.6) is 0 Å². The van der Waals surface area contributed by atoms with Gasteiger partial charge in [0.05, 0.1) is 0 Å². The second kappa shape index (κ2) is 9.09. The zero-order valence-corrected chi connectivity index (χ0v) is 12.2. The van der Waals surface area contributed by atoms with Gasteiger partial charge in [-0.2, -0.15) is 0 Å². The standard InChI is InChI=1S/C16H28N2/c1-4-8-15(17-6-3)9-7-10-16-12-11-14(5-2)13-18-16/h11-13,15,17H,4-10H2,1-3H3. The van der Waals surface area contributed by atoms with Crippen molar-refractivity contribution in [3.63, 3.8) is 0 Å². The lowest BCUT2D eigenvalue weighted by molar-refractivity contribution is 0.447. The van der Waals surface area contributed by atoms with Gasteiger partial charge in [0.1, 0.15) is 0 Å². The summed E-state index contributed by atoms with van der Waals surface area (Å²) in [6.45, 7) is 7.69. The van der Waals surface area contributed by atoms with Crippen LogP contribution in [0.1, 0.15) is 57.7 Å². The van der Waals surface area contributed by atoms with E-state index in [1.807, 2.05) is 6.20 Å². The number of nitrogens with one attached hydrogen (secondary N) is 1. The lowest BCUT2D eigenvalue weighted by atomic mass is 10.0. The van der Waals surface area contributed by atoms with Crippen LogP contribution in [0.2, 0.25) is 0 Å². The van der Waals surface area contributed by atoms with E-state index in [4.69, 9.17) is 0 Å². The Morgan fingerprint density at radius 1 is 1.17 bits per heavy atom. The van der Waals surface area contributed by atoms with Crippen molar-refractivity contribution in [2.24, 2.45) is 0 Å². The molecular formula is C16H28N2. The summed E-state index contributed by atoms with van der Waals surface area (Å²) in [7, 11) is 0. The van der Waals surface area contributed by atoms with E-state index in [0.717, 1.165) is 19.4 Å². The minimum atomic E-state index is 0.690. The van der Waals surface area contributed by atoms with Crippen LogP contribution < -0.4 is 5.32 Å². The van der Waals surface area contributed by atoms with E-state index in [1.54, 1.807) is 0 Å².